The van der Waals surface area contributed by atoms with Gasteiger partial charge in [-0.05, 0) is 43.3 Å². The summed E-state index contributed by atoms with van der Waals surface area (Å²) in [6, 6.07) is 13.5. The molecule has 144 valence electrons. The first-order valence-electron chi connectivity index (χ1n) is 8.56. The van der Waals surface area contributed by atoms with Crippen LogP contribution in [0.25, 0.3) is 0 Å². The van der Waals surface area contributed by atoms with E-state index in [0.29, 0.717) is 10.9 Å². The SMILES string of the molecule is Cc1ccc(N=C2SC(CC(=O)Nc3ccc(C(=O)O)cc3)C(=O)N2C)cc1. The number of carbonyl (C=O) groups is 3. The Morgan fingerprint density at radius 1 is 1.14 bits per heavy atom. The number of aliphatic imine (C=N–C) groups is 1. The van der Waals surface area contributed by atoms with Crippen LogP contribution in [0, 0.1) is 6.92 Å². The number of aryl methyl sites for hydroxylation is 1. The van der Waals surface area contributed by atoms with Crippen molar-refractivity contribution in [2.24, 2.45) is 4.99 Å². The number of amidine groups is 1. The number of hydrogen-bond donors (Lipinski definition) is 2. The molecule has 3 rings (SSSR count). The number of hydrogen-bond acceptors (Lipinski definition) is 5. The topological polar surface area (TPSA) is 99.1 Å². The molecule has 1 aliphatic heterocycles. The van der Waals surface area contributed by atoms with Crippen LogP contribution in [-0.4, -0.2) is 45.3 Å². The van der Waals surface area contributed by atoms with Gasteiger partial charge >= 0.3 is 5.97 Å². The average molecular weight is 397 g/mol. The van der Waals surface area contributed by atoms with Crippen LogP contribution in [-0.2, 0) is 9.59 Å². The fourth-order valence-corrected chi connectivity index (χ4v) is 3.76. The Balaban J connectivity index is 1.63. The van der Waals surface area contributed by atoms with Gasteiger partial charge in [0.05, 0.1) is 11.3 Å². The summed E-state index contributed by atoms with van der Waals surface area (Å²) in [7, 11) is 1.64. The second-order valence-electron chi connectivity index (χ2n) is 6.37. The van der Waals surface area contributed by atoms with E-state index in [4.69, 9.17) is 5.11 Å². The maximum absolute atomic E-state index is 12.4. The largest absolute Gasteiger partial charge is 0.478 e. The molecule has 1 saturated heterocycles. The van der Waals surface area contributed by atoms with E-state index >= 15 is 0 Å². The first-order valence-corrected chi connectivity index (χ1v) is 9.44. The second kappa shape index (κ2) is 8.26. The zero-order chi connectivity index (χ0) is 20.3. The van der Waals surface area contributed by atoms with Crippen LogP contribution in [0.3, 0.4) is 0 Å². The van der Waals surface area contributed by atoms with E-state index < -0.39 is 11.2 Å². The Morgan fingerprint density at radius 3 is 2.39 bits per heavy atom. The minimum Gasteiger partial charge on any atom is -0.478 e. The molecule has 2 N–H and O–H groups in total. The van der Waals surface area contributed by atoms with Crippen LogP contribution in [0.15, 0.2) is 53.5 Å². The molecule has 2 aromatic carbocycles. The predicted molar refractivity (Wildman–Crippen MR) is 109 cm³/mol. The molecule has 7 nitrogen and oxygen atoms in total. The number of benzene rings is 2. The summed E-state index contributed by atoms with van der Waals surface area (Å²) in [5.41, 5.74) is 2.49. The Bertz CT molecular complexity index is 939. The lowest BCUT2D eigenvalue weighted by Gasteiger charge is -2.09. The van der Waals surface area contributed by atoms with Crippen LogP contribution in [0.2, 0.25) is 0 Å². The quantitative estimate of drug-likeness (QED) is 0.807. The van der Waals surface area contributed by atoms with Crippen molar-refractivity contribution in [2.75, 3.05) is 12.4 Å². The number of nitrogens with zero attached hydrogens (tertiary/aromatic N) is 2. The number of rotatable bonds is 5. The van der Waals surface area contributed by atoms with Crippen molar-refractivity contribution in [3.63, 3.8) is 0 Å². The highest BCUT2D eigenvalue weighted by atomic mass is 32.2. The first kappa shape index (κ1) is 19.6. The maximum Gasteiger partial charge on any atom is 0.335 e. The van der Waals surface area contributed by atoms with Crippen molar-refractivity contribution in [2.45, 2.75) is 18.6 Å². The molecule has 0 radical (unpaired) electrons. The van der Waals surface area contributed by atoms with Gasteiger partial charge in [0.15, 0.2) is 5.17 Å². The fraction of sp³-hybridized carbons (Fsp3) is 0.200. The molecular formula is C20H19N3O4S. The summed E-state index contributed by atoms with van der Waals surface area (Å²) in [6.07, 6.45) is 0.00143. The maximum atomic E-state index is 12.4. The van der Waals surface area contributed by atoms with Crippen LogP contribution >= 0.6 is 11.8 Å². The molecule has 1 unspecified atom stereocenters. The number of nitrogens with one attached hydrogen (secondary N) is 1. The molecule has 8 heteroatoms. The molecular weight excluding hydrogens is 378 g/mol. The zero-order valence-electron chi connectivity index (χ0n) is 15.4. The molecule has 0 spiro atoms. The Labute approximate surface area is 166 Å². The molecule has 1 aliphatic rings. The molecule has 0 aromatic heterocycles. The lowest BCUT2D eigenvalue weighted by atomic mass is 10.2. The molecule has 1 atom stereocenters. The monoisotopic (exact) mass is 397 g/mol. The van der Waals surface area contributed by atoms with Crippen LogP contribution in [0.4, 0.5) is 11.4 Å². The van der Waals surface area contributed by atoms with E-state index in [-0.39, 0.29) is 23.8 Å². The molecule has 1 fully saturated rings. The van der Waals surface area contributed by atoms with Gasteiger partial charge < -0.3 is 10.4 Å². The van der Waals surface area contributed by atoms with Gasteiger partial charge in [-0.15, -0.1) is 0 Å². The van der Waals surface area contributed by atoms with Crippen LogP contribution < -0.4 is 5.32 Å². The zero-order valence-corrected chi connectivity index (χ0v) is 16.2. The van der Waals surface area contributed by atoms with Gasteiger partial charge in [0.1, 0.15) is 5.25 Å². The van der Waals surface area contributed by atoms with Gasteiger partial charge in [-0.25, -0.2) is 9.79 Å². The third kappa shape index (κ3) is 4.58. The molecule has 1 heterocycles. The Morgan fingerprint density at radius 2 is 1.79 bits per heavy atom. The third-order valence-electron chi connectivity index (χ3n) is 4.19. The fourth-order valence-electron chi connectivity index (χ4n) is 2.60. The smallest absolute Gasteiger partial charge is 0.335 e. The van der Waals surface area contributed by atoms with Gasteiger partial charge in [0.2, 0.25) is 11.8 Å². The summed E-state index contributed by atoms with van der Waals surface area (Å²) >= 11 is 1.26. The lowest BCUT2D eigenvalue weighted by Crippen LogP contribution is -2.30. The summed E-state index contributed by atoms with van der Waals surface area (Å²) in [4.78, 5) is 41.6. The lowest BCUT2D eigenvalue weighted by molar-refractivity contribution is -0.127. The molecule has 2 aromatic rings. The molecule has 0 saturated carbocycles. The Kier molecular flexibility index (Phi) is 5.79. The average Bonchev–Trinajstić information content (AvgIpc) is 2.92. The van der Waals surface area contributed by atoms with Crippen molar-refractivity contribution in [1.29, 1.82) is 0 Å². The summed E-state index contributed by atoms with van der Waals surface area (Å²) in [5.74, 6) is -1.53. The van der Waals surface area contributed by atoms with Crippen molar-refractivity contribution in [1.82, 2.24) is 4.90 Å². The van der Waals surface area contributed by atoms with E-state index in [0.717, 1.165) is 11.3 Å². The molecule has 28 heavy (non-hydrogen) atoms. The van der Waals surface area contributed by atoms with Gasteiger partial charge in [0, 0.05) is 19.2 Å². The number of thioether (sulfide) groups is 1. The number of aromatic carboxylic acids is 1. The van der Waals surface area contributed by atoms with E-state index in [9.17, 15) is 14.4 Å². The Hall–Kier alpha value is -3.13. The third-order valence-corrected chi connectivity index (χ3v) is 5.41. The number of amides is 2. The van der Waals surface area contributed by atoms with Gasteiger partial charge in [-0.3, -0.25) is 14.5 Å². The normalized spacial score (nSPS) is 17.8. The standard InChI is InChI=1S/C20H19N3O4S/c1-12-3-7-15(8-4-12)22-20-23(2)18(25)16(28-20)11-17(24)21-14-9-5-13(6-10-14)19(26)27/h3-10,16H,11H2,1-2H3,(H,21,24)(H,26,27). The van der Waals surface area contributed by atoms with E-state index in [2.05, 4.69) is 10.3 Å². The van der Waals surface area contributed by atoms with Crippen molar-refractivity contribution in [3.05, 3.63) is 59.7 Å². The summed E-state index contributed by atoms with van der Waals surface area (Å²) in [5, 5.41) is 11.6. The summed E-state index contributed by atoms with van der Waals surface area (Å²) in [6.45, 7) is 1.99. The van der Waals surface area contributed by atoms with Crippen molar-refractivity contribution in [3.8, 4) is 0 Å². The first-order chi connectivity index (χ1) is 13.3. The predicted octanol–water partition coefficient (Wildman–Crippen LogP) is 3.28. The highest BCUT2D eigenvalue weighted by Gasteiger charge is 2.37. The number of carboxylic acids is 1. The molecule has 0 aliphatic carbocycles. The minimum atomic E-state index is -1.03. The highest BCUT2D eigenvalue weighted by molar-refractivity contribution is 8.15. The van der Waals surface area contributed by atoms with Gasteiger partial charge in [-0.2, -0.15) is 0 Å². The summed E-state index contributed by atoms with van der Waals surface area (Å²) < 4.78 is 0. The van der Waals surface area contributed by atoms with E-state index in [1.807, 2.05) is 31.2 Å². The number of carbonyl (C=O) groups excluding carboxylic acids is 2. The highest BCUT2D eigenvalue weighted by Crippen LogP contribution is 2.30. The number of carboxylic acid groups (broad SMARTS) is 1. The molecule has 2 amide bonds. The number of anilines is 1. The van der Waals surface area contributed by atoms with Crippen LogP contribution in [0.5, 0.6) is 0 Å². The molecule has 0 bridgehead atoms. The van der Waals surface area contributed by atoms with Crippen molar-refractivity contribution < 1.29 is 19.5 Å². The van der Waals surface area contributed by atoms with E-state index in [1.54, 1.807) is 7.05 Å². The van der Waals surface area contributed by atoms with Gasteiger partial charge in [0.25, 0.3) is 0 Å². The minimum absolute atomic E-state index is 0.00143. The van der Waals surface area contributed by atoms with Crippen LogP contribution in [0.1, 0.15) is 22.3 Å². The second-order valence-corrected chi connectivity index (χ2v) is 7.54. The van der Waals surface area contributed by atoms with Gasteiger partial charge in [-0.1, -0.05) is 29.5 Å². The van der Waals surface area contributed by atoms with Crippen molar-refractivity contribution >= 4 is 46.1 Å². The van der Waals surface area contributed by atoms with E-state index in [1.165, 1.54) is 40.9 Å².